The van der Waals surface area contributed by atoms with E-state index in [1.54, 1.807) is 55.6 Å². The molecule has 0 fully saturated rings. The van der Waals surface area contributed by atoms with Gasteiger partial charge in [-0.05, 0) is 35.9 Å². The van der Waals surface area contributed by atoms with E-state index >= 15 is 0 Å². The molecule has 0 heterocycles. The van der Waals surface area contributed by atoms with Crippen LogP contribution in [0.5, 0.6) is 11.5 Å². The van der Waals surface area contributed by atoms with Crippen molar-refractivity contribution in [1.82, 2.24) is 0 Å². The van der Waals surface area contributed by atoms with Gasteiger partial charge in [0, 0.05) is 0 Å². The van der Waals surface area contributed by atoms with Gasteiger partial charge in [-0.3, -0.25) is 4.79 Å². The number of hydrogen-bond donors (Lipinski definition) is 1. The Morgan fingerprint density at radius 1 is 1.09 bits per heavy atom. The number of amides is 1. The number of hydrogen-bond acceptors (Lipinski definition) is 4. The van der Waals surface area contributed by atoms with Crippen molar-refractivity contribution in [3.05, 3.63) is 59.7 Å². The summed E-state index contributed by atoms with van der Waals surface area (Å²) in [5.41, 5.74) is 1.24. The van der Waals surface area contributed by atoms with Crippen LogP contribution in [0.1, 0.15) is 5.56 Å². The summed E-state index contributed by atoms with van der Waals surface area (Å²) in [5, 5.41) is 11.9. The maximum absolute atomic E-state index is 12.3. The van der Waals surface area contributed by atoms with Crippen molar-refractivity contribution in [2.24, 2.45) is 0 Å². The van der Waals surface area contributed by atoms with Crippen molar-refractivity contribution in [1.29, 1.82) is 5.26 Å². The monoisotopic (exact) mass is 308 g/mol. The SMILES string of the molecule is COc1ccc(C=C(C#N)C(=O)Nc2ccccc2OC)cc1. The third kappa shape index (κ3) is 4.11. The summed E-state index contributed by atoms with van der Waals surface area (Å²) in [7, 11) is 3.09. The fourth-order valence-electron chi connectivity index (χ4n) is 1.95. The lowest BCUT2D eigenvalue weighted by Gasteiger charge is -2.09. The van der Waals surface area contributed by atoms with Crippen LogP contribution in [0.25, 0.3) is 6.08 Å². The second-order valence-electron chi connectivity index (χ2n) is 4.60. The van der Waals surface area contributed by atoms with E-state index < -0.39 is 5.91 Å². The number of anilines is 1. The molecular weight excluding hydrogens is 292 g/mol. The van der Waals surface area contributed by atoms with Crippen molar-refractivity contribution in [2.45, 2.75) is 0 Å². The Kier molecular flexibility index (Phi) is 5.37. The molecule has 2 aromatic rings. The Bertz CT molecular complexity index is 759. The molecule has 0 bridgehead atoms. The number of methoxy groups -OCH3 is 2. The number of carbonyl (C=O) groups excluding carboxylic acids is 1. The fraction of sp³-hybridized carbons (Fsp3) is 0.111. The predicted octanol–water partition coefficient (Wildman–Crippen LogP) is 3.25. The van der Waals surface area contributed by atoms with E-state index in [-0.39, 0.29) is 5.57 Å². The van der Waals surface area contributed by atoms with Crippen molar-refractivity contribution in [3.63, 3.8) is 0 Å². The van der Waals surface area contributed by atoms with Crippen LogP contribution in [0.3, 0.4) is 0 Å². The molecule has 2 rings (SSSR count). The van der Waals surface area contributed by atoms with Crippen LogP contribution in [0, 0.1) is 11.3 Å². The zero-order valence-corrected chi connectivity index (χ0v) is 12.9. The number of nitrogens with zero attached hydrogens (tertiary/aromatic N) is 1. The average Bonchev–Trinajstić information content (AvgIpc) is 2.60. The highest BCUT2D eigenvalue weighted by molar-refractivity contribution is 6.10. The summed E-state index contributed by atoms with van der Waals surface area (Å²) < 4.78 is 10.2. The van der Waals surface area contributed by atoms with Gasteiger partial charge >= 0.3 is 0 Å². The van der Waals surface area contributed by atoms with E-state index in [2.05, 4.69) is 5.32 Å². The number of nitriles is 1. The van der Waals surface area contributed by atoms with E-state index in [1.165, 1.54) is 13.2 Å². The average molecular weight is 308 g/mol. The quantitative estimate of drug-likeness (QED) is 0.680. The first-order chi connectivity index (χ1) is 11.2. The molecule has 1 N–H and O–H groups in total. The highest BCUT2D eigenvalue weighted by Crippen LogP contribution is 2.23. The third-order valence-corrected chi connectivity index (χ3v) is 3.15. The Labute approximate surface area is 134 Å². The molecule has 5 heteroatoms. The summed E-state index contributed by atoms with van der Waals surface area (Å²) in [6.45, 7) is 0. The van der Waals surface area contributed by atoms with Gasteiger partial charge in [0.1, 0.15) is 23.1 Å². The van der Waals surface area contributed by atoms with Gasteiger partial charge in [-0.2, -0.15) is 5.26 Å². The van der Waals surface area contributed by atoms with Crippen LogP contribution >= 0.6 is 0 Å². The van der Waals surface area contributed by atoms with E-state index in [0.717, 1.165) is 5.56 Å². The number of benzene rings is 2. The van der Waals surface area contributed by atoms with Gasteiger partial charge in [0.25, 0.3) is 5.91 Å². The van der Waals surface area contributed by atoms with Gasteiger partial charge in [-0.1, -0.05) is 24.3 Å². The van der Waals surface area contributed by atoms with Crippen LogP contribution in [-0.2, 0) is 4.79 Å². The summed E-state index contributed by atoms with van der Waals surface area (Å²) in [5.74, 6) is 0.745. The topological polar surface area (TPSA) is 71.3 Å². The molecule has 0 aliphatic carbocycles. The number of rotatable bonds is 5. The zero-order chi connectivity index (χ0) is 16.7. The molecule has 23 heavy (non-hydrogen) atoms. The number of ether oxygens (including phenoxy) is 2. The molecule has 0 unspecified atom stereocenters. The number of nitrogens with one attached hydrogen (secondary N) is 1. The third-order valence-electron chi connectivity index (χ3n) is 3.15. The van der Waals surface area contributed by atoms with Crippen molar-refractivity contribution in [3.8, 4) is 17.6 Å². The maximum Gasteiger partial charge on any atom is 0.266 e. The molecule has 0 aliphatic rings. The molecule has 0 aromatic heterocycles. The Balaban J connectivity index is 2.21. The van der Waals surface area contributed by atoms with Crippen LogP contribution < -0.4 is 14.8 Å². The normalized spacial score (nSPS) is 10.6. The van der Waals surface area contributed by atoms with Gasteiger partial charge in [-0.25, -0.2) is 0 Å². The first-order valence-corrected chi connectivity index (χ1v) is 6.88. The standard InChI is InChI=1S/C18H16N2O3/c1-22-15-9-7-13(8-10-15)11-14(12-19)18(21)20-16-5-3-4-6-17(16)23-2/h3-11H,1-2H3,(H,20,21). The Morgan fingerprint density at radius 2 is 1.78 bits per heavy atom. The number of carbonyl (C=O) groups is 1. The van der Waals surface area contributed by atoms with E-state index in [1.807, 2.05) is 6.07 Å². The first-order valence-electron chi connectivity index (χ1n) is 6.88. The minimum atomic E-state index is -0.493. The summed E-state index contributed by atoms with van der Waals surface area (Å²) in [4.78, 5) is 12.3. The lowest BCUT2D eigenvalue weighted by Crippen LogP contribution is -2.14. The largest absolute Gasteiger partial charge is 0.497 e. The minimum absolute atomic E-state index is 0.000993. The van der Waals surface area contributed by atoms with E-state index in [0.29, 0.717) is 17.2 Å². The molecule has 0 radical (unpaired) electrons. The lowest BCUT2D eigenvalue weighted by molar-refractivity contribution is -0.112. The fourth-order valence-corrected chi connectivity index (χ4v) is 1.95. The van der Waals surface area contributed by atoms with Gasteiger partial charge in [0.05, 0.1) is 19.9 Å². The van der Waals surface area contributed by atoms with Crippen molar-refractivity contribution in [2.75, 3.05) is 19.5 Å². The molecule has 0 aliphatic heterocycles. The second-order valence-corrected chi connectivity index (χ2v) is 4.60. The Hall–Kier alpha value is -3.26. The first kappa shape index (κ1) is 16.1. The van der Waals surface area contributed by atoms with Gasteiger partial charge in [0.15, 0.2) is 0 Å². The smallest absolute Gasteiger partial charge is 0.266 e. The maximum atomic E-state index is 12.3. The highest BCUT2D eigenvalue weighted by atomic mass is 16.5. The van der Waals surface area contributed by atoms with Crippen molar-refractivity contribution >= 4 is 17.7 Å². The molecule has 0 atom stereocenters. The van der Waals surface area contributed by atoms with E-state index in [9.17, 15) is 10.1 Å². The van der Waals surface area contributed by atoms with Gasteiger partial charge in [0.2, 0.25) is 0 Å². The Morgan fingerprint density at radius 3 is 2.39 bits per heavy atom. The van der Waals surface area contributed by atoms with E-state index in [4.69, 9.17) is 9.47 Å². The van der Waals surface area contributed by atoms with Gasteiger partial charge < -0.3 is 14.8 Å². The summed E-state index contributed by atoms with van der Waals surface area (Å²) in [6.07, 6.45) is 1.52. The molecule has 0 saturated heterocycles. The molecule has 0 spiro atoms. The predicted molar refractivity (Wildman–Crippen MR) is 88.2 cm³/mol. The molecule has 2 aromatic carbocycles. The van der Waals surface area contributed by atoms with Gasteiger partial charge in [-0.15, -0.1) is 0 Å². The summed E-state index contributed by atoms with van der Waals surface area (Å²) >= 11 is 0. The molecule has 116 valence electrons. The molecular formula is C18H16N2O3. The van der Waals surface area contributed by atoms with Crippen LogP contribution in [0.2, 0.25) is 0 Å². The van der Waals surface area contributed by atoms with Crippen LogP contribution in [0.15, 0.2) is 54.1 Å². The second kappa shape index (κ2) is 7.66. The molecule has 1 amide bonds. The molecule has 0 saturated carbocycles. The zero-order valence-electron chi connectivity index (χ0n) is 12.9. The van der Waals surface area contributed by atoms with Crippen molar-refractivity contribution < 1.29 is 14.3 Å². The molecule has 5 nitrogen and oxygen atoms in total. The number of para-hydroxylation sites is 2. The summed E-state index contributed by atoms with van der Waals surface area (Å²) in [6, 6.07) is 16.0. The lowest BCUT2D eigenvalue weighted by atomic mass is 10.1. The van der Waals surface area contributed by atoms with Crippen LogP contribution in [-0.4, -0.2) is 20.1 Å². The van der Waals surface area contributed by atoms with Crippen LogP contribution in [0.4, 0.5) is 5.69 Å². The highest BCUT2D eigenvalue weighted by Gasteiger charge is 2.12. The minimum Gasteiger partial charge on any atom is -0.497 e.